The van der Waals surface area contributed by atoms with Crippen molar-refractivity contribution in [3.63, 3.8) is 0 Å². The number of nitrogens with one attached hydrogen (secondary N) is 1. The van der Waals surface area contributed by atoms with E-state index in [1.807, 2.05) is 42.6 Å². The Kier molecular flexibility index (Phi) is 3.51. The lowest BCUT2D eigenvalue weighted by molar-refractivity contribution is -0.0324. The molecule has 0 amide bonds. The summed E-state index contributed by atoms with van der Waals surface area (Å²) < 4.78 is 1.70. The molecule has 0 saturated heterocycles. The Bertz CT molecular complexity index is 1280. The molecule has 2 fully saturated rings. The van der Waals surface area contributed by atoms with E-state index in [1.165, 1.54) is 0 Å². The van der Waals surface area contributed by atoms with Crippen LogP contribution in [-0.2, 0) is 0 Å². The van der Waals surface area contributed by atoms with E-state index in [0.717, 1.165) is 53.0 Å². The lowest BCUT2D eigenvalue weighted by Gasteiger charge is -2.57. The Morgan fingerprint density at radius 3 is 2.38 bits per heavy atom. The van der Waals surface area contributed by atoms with Crippen molar-refractivity contribution in [1.82, 2.24) is 20.0 Å². The molecule has 2 aliphatic rings. The minimum atomic E-state index is 0.0305. The monoisotopic (exact) mass is 383 g/mol. The minimum Gasteiger partial charge on any atom is -0.365 e. The maximum absolute atomic E-state index is 12.8. The van der Waals surface area contributed by atoms with Crippen molar-refractivity contribution in [3.05, 3.63) is 71.3 Å². The number of nitrogens with zero attached hydrogens (tertiary/aromatic N) is 4. The molecule has 29 heavy (non-hydrogen) atoms. The summed E-state index contributed by atoms with van der Waals surface area (Å²) in [5, 5.41) is 20.3. The first-order valence-electron chi connectivity index (χ1n) is 10.1. The number of rotatable bonds is 3. The second-order valence-electron chi connectivity index (χ2n) is 8.57. The van der Waals surface area contributed by atoms with Crippen LogP contribution in [0, 0.1) is 5.41 Å². The summed E-state index contributed by atoms with van der Waals surface area (Å²) in [6.07, 6.45) is 7.88. The fraction of sp³-hybridized carbons (Fsp3) is 0.304. The molecule has 0 bridgehead atoms. The van der Waals surface area contributed by atoms with Gasteiger partial charge in [-0.3, -0.25) is 4.79 Å². The summed E-state index contributed by atoms with van der Waals surface area (Å²) in [6, 6.07) is 16.5. The van der Waals surface area contributed by atoms with E-state index in [0.29, 0.717) is 11.5 Å². The smallest absolute Gasteiger partial charge is 0.274 e. The summed E-state index contributed by atoms with van der Waals surface area (Å²) in [5.74, 6) is 0.867. The molecule has 2 aliphatic carbocycles. The molecule has 1 N–H and O–H groups in total. The van der Waals surface area contributed by atoms with Crippen LogP contribution in [0.2, 0.25) is 0 Å². The molecule has 0 aliphatic heterocycles. The number of benzene rings is 2. The molecule has 0 unspecified atom stereocenters. The molecule has 4 aromatic rings. The van der Waals surface area contributed by atoms with Crippen molar-refractivity contribution in [2.75, 3.05) is 5.32 Å². The van der Waals surface area contributed by atoms with Gasteiger partial charge in [0.05, 0.1) is 23.8 Å². The molecule has 6 nitrogen and oxygen atoms in total. The van der Waals surface area contributed by atoms with Crippen molar-refractivity contribution in [1.29, 1.82) is 0 Å². The maximum Gasteiger partial charge on any atom is 0.274 e. The highest BCUT2D eigenvalue weighted by atomic mass is 16.1. The van der Waals surface area contributed by atoms with E-state index in [4.69, 9.17) is 0 Å². The number of hydrogen-bond acceptors (Lipinski definition) is 5. The Hall–Kier alpha value is -3.28. The zero-order valence-corrected chi connectivity index (χ0v) is 16.0. The number of aromatic nitrogens is 4. The third-order valence-electron chi connectivity index (χ3n) is 6.67. The van der Waals surface area contributed by atoms with Crippen LogP contribution in [0.1, 0.15) is 31.7 Å². The van der Waals surface area contributed by atoms with Crippen LogP contribution < -0.4 is 10.9 Å². The van der Waals surface area contributed by atoms with Gasteiger partial charge in [-0.1, -0.05) is 42.5 Å². The number of anilines is 1. The maximum atomic E-state index is 12.8. The molecule has 0 atom stereocenters. The quantitative estimate of drug-likeness (QED) is 0.580. The third kappa shape index (κ3) is 2.63. The molecule has 1 spiro atoms. The molecule has 2 heterocycles. The van der Waals surface area contributed by atoms with Crippen LogP contribution in [0.15, 0.2) is 65.7 Å². The van der Waals surface area contributed by atoms with Gasteiger partial charge >= 0.3 is 0 Å². The van der Waals surface area contributed by atoms with Gasteiger partial charge < -0.3 is 5.32 Å². The first-order chi connectivity index (χ1) is 14.2. The molecule has 2 aromatic carbocycles. The van der Waals surface area contributed by atoms with Crippen molar-refractivity contribution in [2.24, 2.45) is 5.41 Å². The molecular weight excluding hydrogens is 362 g/mol. The van der Waals surface area contributed by atoms with E-state index in [1.54, 1.807) is 10.9 Å². The SMILES string of the molecule is O=c1c2ccccc2cnn1C1CC2(CC(Nc3nncc4ccccc34)C2)C1. The standard InChI is InChI=1S/C23H21N5O/c29-22-20-8-4-2-6-16(20)14-25-28(22)18-11-23(12-18)9-17(10-23)26-21-19-7-3-1-5-15(19)13-24-27-21/h1-8,13-14,17-18H,9-12H2,(H,26,27). The van der Waals surface area contributed by atoms with Gasteiger partial charge in [0.15, 0.2) is 5.82 Å². The zero-order valence-electron chi connectivity index (χ0n) is 16.0. The van der Waals surface area contributed by atoms with Crippen LogP contribution in [0.4, 0.5) is 5.82 Å². The summed E-state index contributed by atoms with van der Waals surface area (Å²) in [7, 11) is 0. The van der Waals surface area contributed by atoms with Gasteiger partial charge in [-0.2, -0.15) is 10.2 Å². The molecule has 6 rings (SSSR count). The van der Waals surface area contributed by atoms with E-state index < -0.39 is 0 Å². The van der Waals surface area contributed by atoms with Gasteiger partial charge in [0.2, 0.25) is 0 Å². The number of fused-ring (bicyclic) bond motifs is 2. The molecule has 6 heteroatoms. The van der Waals surface area contributed by atoms with Crippen LogP contribution in [-0.4, -0.2) is 26.0 Å². The van der Waals surface area contributed by atoms with Gasteiger partial charge in [0, 0.05) is 22.2 Å². The minimum absolute atomic E-state index is 0.0305. The number of hydrogen-bond donors (Lipinski definition) is 1. The highest BCUT2D eigenvalue weighted by Crippen LogP contribution is 2.60. The van der Waals surface area contributed by atoms with Crippen LogP contribution in [0.25, 0.3) is 21.5 Å². The molecule has 144 valence electrons. The molecule has 2 saturated carbocycles. The molecule has 0 radical (unpaired) electrons. The second-order valence-corrected chi connectivity index (χ2v) is 8.57. The fourth-order valence-electron chi connectivity index (χ4n) is 5.23. The van der Waals surface area contributed by atoms with Crippen LogP contribution >= 0.6 is 0 Å². The van der Waals surface area contributed by atoms with Crippen molar-refractivity contribution in [3.8, 4) is 0 Å². The third-order valence-corrected chi connectivity index (χ3v) is 6.67. The Balaban J connectivity index is 1.15. The average Bonchev–Trinajstić information content (AvgIpc) is 2.70. The van der Waals surface area contributed by atoms with E-state index in [9.17, 15) is 4.79 Å². The Morgan fingerprint density at radius 2 is 1.59 bits per heavy atom. The Morgan fingerprint density at radius 1 is 0.897 bits per heavy atom. The predicted octanol–water partition coefficient (Wildman–Crippen LogP) is 3.94. The molecule has 2 aromatic heterocycles. The summed E-state index contributed by atoms with van der Waals surface area (Å²) in [5.41, 5.74) is 0.371. The summed E-state index contributed by atoms with van der Waals surface area (Å²) in [6.45, 7) is 0. The van der Waals surface area contributed by atoms with Gasteiger partial charge in [-0.05, 0) is 37.2 Å². The van der Waals surface area contributed by atoms with Crippen LogP contribution in [0.3, 0.4) is 0 Å². The van der Waals surface area contributed by atoms with E-state index in [-0.39, 0.29) is 11.6 Å². The van der Waals surface area contributed by atoms with E-state index in [2.05, 4.69) is 32.7 Å². The highest BCUT2D eigenvalue weighted by Gasteiger charge is 2.54. The topological polar surface area (TPSA) is 72.7 Å². The average molecular weight is 383 g/mol. The first-order valence-corrected chi connectivity index (χ1v) is 10.1. The van der Waals surface area contributed by atoms with Gasteiger partial charge in [-0.25, -0.2) is 4.68 Å². The largest absolute Gasteiger partial charge is 0.365 e. The van der Waals surface area contributed by atoms with E-state index >= 15 is 0 Å². The lowest BCUT2D eigenvalue weighted by Crippen LogP contribution is -2.54. The Labute approximate surface area is 167 Å². The predicted molar refractivity (Wildman–Crippen MR) is 113 cm³/mol. The summed E-state index contributed by atoms with van der Waals surface area (Å²) >= 11 is 0. The fourth-order valence-corrected chi connectivity index (χ4v) is 5.23. The zero-order chi connectivity index (χ0) is 19.4. The van der Waals surface area contributed by atoms with Gasteiger partial charge in [0.25, 0.3) is 5.56 Å². The van der Waals surface area contributed by atoms with Gasteiger partial charge in [0.1, 0.15) is 0 Å². The second kappa shape index (κ2) is 6.11. The van der Waals surface area contributed by atoms with Gasteiger partial charge in [-0.15, -0.1) is 5.10 Å². The lowest BCUT2D eigenvalue weighted by atomic mass is 9.52. The van der Waals surface area contributed by atoms with Crippen molar-refractivity contribution >= 4 is 27.4 Å². The highest BCUT2D eigenvalue weighted by molar-refractivity contribution is 5.91. The molecular formula is C23H21N5O. The summed E-state index contributed by atoms with van der Waals surface area (Å²) in [4.78, 5) is 12.8. The van der Waals surface area contributed by atoms with Crippen LogP contribution in [0.5, 0.6) is 0 Å². The first kappa shape index (κ1) is 16.7. The van der Waals surface area contributed by atoms with Crippen molar-refractivity contribution in [2.45, 2.75) is 37.8 Å². The van der Waals surface area contributed by atoms with Crippen molar-refractivity contribution < 1.29 is 0 Å². The normalized spacial score (nSPS) is 25.7.